The number of carbonyl (C=O) groups is 2. The third-order valence-electron chi connectivity index (χ3n) is 5.41. The number of carbonyl (C=O) groups excluding carboxylic acids is 2. The molecule has 3 rings (SSSR count). The molecular formula is C19H23N5O5. The summed E-state index contributed by atoms with van der Waals surface area (Å²) in [6.45, 7) is 0.646. The molecule has 4 N–H and O–H groups in total. The van der Waals surface area contributed by atoms with Crippen molar-refractivity contribution in [2.24, 2.45) is 0 Å². The van der Waals surface area contributed by atoms with Crippen molar-refractivity contribution < 1.29 is 14.7 Å². The smallest absolute Gasteiger partial charge is 0.325 e. The van der Waals surface area contributed by atoms with Gasteiger partial charge in [-0.1, -0.05) is 0 Å². The van der Waals surface area contributed by atoms with E-state index >= 15 is 0 Å². The molecule has 1 aromatic heterocycles. The Morgan fingerprint density at radius 1 is 1.24 bits per heavy atom. The molecule has 1 aliphatic heterocycles. The van der Waals surface area contributed by atoms with Gasteiger partial charge >= 0.3 is 5.69 Å². The molecule has 1 aromatic rings. The van der Waals surface area contributed by atoms with Crippen molar-refractivity contribution in [2.45, 2.75) is 44.1 Å². The van der Waals surface area contributed by atoms with Gasteiger partial charge in [0.15, 0.2) is 0 Å². The highest BCUT2D eigenvalue weighted by atomic mass is 16.3. The van der Waals surface area contributed by atoms with Crippen molar-refractivity contribution in [2.75, 3.05) is 19.6 Å². The van der Waals surface area contributed by atoms with E-state index in [2.05, 4.69) is 16.4 Å². The van der Waals surface area contributed by atoms with Gasteiger partial charge in [0, 0.05) is 42.5 Å². The molecule has 0 aromatic carbocycles. The van der Waals surface area contributed by atoms with Crippen LogP contribution in [-0.4, -0.2) is 57.0 Å². The van der Waals surface area contributed by atoms with Crippen LogP contribution in [0.2, 0.25) is 0 Å². The minimum atomic E-state index is -1.13. The van der Waals surface area contributed by atoms with Crippen LogP contribution in [0.15, 0.2) is 26.8 Å². The van der Waals surface area contributed by atoms with E-state index in [9.17, 15) is 24.3 Å². The van der Waals surface area contributed by atoms with E-state index in [0.717, 1.165) is 6.42 Å². The lowest BCUT2D eigenvalue weighted by atomic mass is 9.91. The zero-order valence-corrected chi connectivity index (χ0v) is 15.9. The Morgan fingerprint density at radius 3 is 2.62 bits per heavy atom. The summed E-state index contributed by atoms with van der Waals surface area (Å²) in [7, 11) is 0. The lowest BCUT2D eigenvalue weighted by Gasteiger charge is -2.38. The first-order chi connectivity index (χ1) is 13.8. The molecule has 0 bridgehead atoms. The van der Waals surface area contributed by atoms with E-state index in [4.69, 9.17) is 5.26 Å². The number of aliphatic hydroxyl groups is 1. The minimum Gasteiger partial charge on any atom is -0.388 e. The third-order valence-corrected chi connectivity index (χ3v) is 5.41. The van der Waals surface area contributed by atoms with E-state index in [1.165, 1.54) is 6.07 Å². The summed E-state index contributed by atoms with van der Waals surface area (Å²) in [5.41, 5.74) is -1.13. The lowest BCUT2D eigenvalue weighted by molar-refractivity contribution is -0.135. The van der Waals surface area contributed by atoms with Crippen LogP contribution in [-0.2, 0) is 16.0 Å². The monoisotopic (exact) mass is 401 g/mol. The molecule has 10 nitrogen and oxygen atoms in total. The molecule has 2 heterocycles. The fourth-order valence-electron chi connectivity index (χ4n) is 3.71. The maximum Gasteiger partial charge on any atom is 0.325 e. The highest BCUT2D eigenvalue weighted by Crippen LogP contribution is 2.26. The van der Waals surface area contributed by atoms with E-state index in [1.807, 2.05) is 4.98 Å². The summed E-state index contributed by atoms with van der Waals surface area (Å²) in [5, 5.41) is 22.5. The number of likely N-dealkylation sites (tertiary alicyclic amines) is 1. The lowest BCUT2D eigenvalue weighted by Crippen LogP contribution is -2.52. The van der Waals surface area contributed by atoms with Crippen molar-refractivity contribution >= 4 is 11.8 Å². The first-order valence-electron chi connectivity index (χ1n) is 9.53. The predicted molar refractivity (Wildman–Crippen MR) is 102 cm³/mol. The predicted octanol–water partition coefficient (Wildman–Crippen LogP) is -0.921. The van der Waals surface area contributed by atoms with Gasteiger partial charge in [-0.2, -0.15) is 5.26 Å². The maximum absolute atomic E-state index is 12.4. The van der Waals surface area contributed by atoms with E-state index in [1.54, 1.807) is 4.90 Å². The molecule has 0 radical (unpaired) electrons. The van der Waals surface area contributed by atoms with Crippen molar-refractivity contribution in [3.63, 3.8) is 0 Å². The summed E-state index contributed by atoms with van der Waals surface area (Å²) < 4.78 is 0. The number of aromatic amines is 2. The zero-order valence-electron chi connectivity index (χ0n) is 15.9. The Labute approximate surface area is 166 Å². The number of rotatable bonds is 5. The fourth-order valence-corrected chi connectivity index (χ4v) is 3.71. The molecular weight excluding hydrogens is 378 g/mol. The second-order valence-corrected chi connectivity index (χ2v) is 7.50. The molecule has 0 saturated carbocycles. The molecule has 1 saturated heterocycles. The van der Waals surface area contributed by atoms with Crippen LogP contribution in [0.4, 0.5) is 0 Å². The number of allylic oxidation sites excluding steroid dienone is 1. The van der Waals surface area contributed by atoms with Crippen LogP contribution < -0.4 is 16.6 Å². The van der Waals surface area contributed by atoms with Crippen LogP contribution in [0, 0.1) is 11.3 Å². The number of hydrogen-bond acceptors (Lipinski definition) is 6. The second kappa shape index (κ2) is 8.45. The molecule has 0 unspecified atom stereocenters. The maximum atomic E-state index is 12.4. The number of amides is 2. The molecule has 2 aliphatic rings. The van der Waals surface area contributed by atoms with Gasteiger partial charge in [0.25, 0.3) is 5.56 Å². The van der Waals surface area contributed by atoms with Gasteiger partial charge < -0.3 is 20.3 Å². The van der Waals surface area contributed by atoms with E-state index < -0.39 is 16.9 Å². The highest BCUT2D eigenvalue weighted by Gasteiger charge is 2.34. The van der Waals surface area contributed by atoms with Crippen molar-refractivity contribution in [1.29, 1.82) is 5.26 Å². The van der Waals surface area contributed by atoms with E-state index in [-0.39, 0.29) is 43.3 Å². The number of H-pyrrole nitrogens is 2. The number of nitriles is 1. The quantitative estimate of drug-likeness (QED) is 0.499. The summed E-state index contributed by atoms with van der Waals surface area (Å²) in [5.74, 6) is -0.573. The summed E-state index contributed by atoms with van der Waals surface area (Å²) >= 11 is 0. The molecule has 0 atom stereocenters. The molecule has 0 spiro atoms. The van der Waals surface area contributed by atoms with Crippen LogP contribution in [0.5, 0.6) is 0 Å². The van der Waals surface area contributed by atoms with Gasteiger partial charge in [-0.15, -0.1) is 0 Å². The Balaban J connectivity index is 1.52. The SMILES string of the molecule is N#CC1=C(C(=O)NCC2(O)CCN(C(=O)Cc3cc(=O)[nH]c(=O)[nH]3)CC2)CCC1. The van der Waals surface area contributed by atoms with Crippen LogP contribution in [0.3, 0.4) is 0 Å². The molecule has 154 valence electrons. The average Bonchev–Trinajstić information content (AvgIpc) is 3.15. The molecule has 10 heteroatoms. The van der Waals surface area contributed by atoms with Gasteiger partial charge in [0.05, 0.1) is 18.1 Å². The van der Waals surface area contributed by atoms with Gasteiger partial charge in [0.1, 0.15) is 0 Å². The number of nitrogens with zero attached hydrogens (tertiary/aromatic N) is 2. The normalized spacial score (nSPS) is 18.4. The summed E-state index contributed by atoms with van der Waals surface area (Å²) in [4.78, 5) is 53.3. The summed E-state index contributed by atoms with van der Waals surface area (Å²) in [6, 6.07) is 3.22. The van der Waals surface area contributed by atoms with Crippen LogP contribution in [0.1, 0.15) is 37.8 Å². The van der Waals surface area contributed by atoms with Gasteiger partial charge in [-0.25, -0.2) is 4.79 Å². The number of nitrogens with one attached hydrogen (secondary N) is 3. The Bertz CT molecular complexity index is 963. The van der Waals surface area contributed by atoms with Crippen molar-refractivity contribution in [1.82, 2.24) is 20.2 Å². The topological polar surface area (TPSA) is 159 Å². The highest BCUT2D eigenvalue weighted by molar-refractivity contribution is 5.95. The first kappa shape index (κ1) is 20.5. The number of piperidine rings is 1. The van der Waals surface area contributed by atoms with Crippen LogP contribution in [0.25, 0.3) is 0 Å². The standard InChI is InChI=1S/C19H23N5O5/c20-10-12-2-1-3-14(12)17(27)21-11-19(29)4-6-24(7-5-19)16(26)9-13-8-15(25)23-18(28)22-13/h8,29H,1-7,9,11H2,(H,21,27)(H2,22,23,25,28). The van der Waals surface area contributed by atoms with Crippen LogP contribution >= 0.6 is 0 Å². The molecule has 29 heavy (non-hydrogen) atoms. The van der Waals surface area contributed by atoms with Gasteiger partial charge in [0.2, 0.25) is 11.8 Å². The number of hydrogen-bond donors (Lipinski definition) is 4. The van der Waals surface area contributed by atoms with Gasteiger partial charge in [-0.05, 0) is 32.1 Å². The molecule has 1 aliphatic carbocycles. The summed E-state index contributed by atoms with van der Waals surface area (Å²) in [6.07, 6.45) is 2.42. The van der Waals surface area contributed by atoms with Crippen molar-refractivity contribution in [3.05, 3.63) is 43.7 Å². The molecule has 1 fully saturated rings. The Kier molecular flexibility index (Phi) is 5.98. The Hall–Kier alpha value is -3.19. The third kappa shape index (κ3) is 5.00. The second-order valence-electron chi connectivity index (χ2n) is 7.50. The molecule has 2 amide bonds. The average molecular weight is 401 g/mol. The fraction of sp³-hybridized carbons (Fsp3) is 0.526. The largest absolute Gasteiger partial charge is 0.388 e. The van der Waals surface area contributed by atoms with Crippen molar-refractivity contribution in [3.8, 4) is 6.07 Å². The van der Waals surface area contributed by atoms with Gasteiger partial charge in [-0.3, -0.25) is 19.4 Å². The Morgan fingerprint density at radius 2 is 1.97 bits per heavy atom. The van der Waals surface area contributed by atoms with E-state index in [0.29, 0.717) is 37.1 Å². The zero-order chi connectivity index (χ0) is 21.0. The first-order valence-corrected chi connectivity index (χ1v) is 9.53. The number of aromatic nitrogens is 2. The minimum absolute atomic E-state index is 0.0530.